The molecule has 2 atom stereocenters. The summed E-state index contributed by atoms with van der Waals surface area (Å²) in [6.07, 6.45) is -1.30. The number of nitrogens with two attached hydrogens (primary N) is 2. The first kappa shape index (κ1) is 25.1. The van der Waals surface area contributed by atoms with Crippen LogP contribution in [0.25, 0.3) is 5.57 Å². The van der Waals surface area contributed by atoms with E-state index in [9.17, 15) is 27.9 Å². The van der Waals surface area contributed by atoms with Gasteiger partial charge in [0.15, 0.2) is 5.82 Å². The quantitative estimate of drug-likeness (QED) is 0.425. The summed E-state index contributed by atoms with van der Waals surface area (Å²) in [6.45, 7) is -0.460. The fourth-order valence-electron chi connectivity index (χ4n) is 3.38. The predicted molar refractivity (Wildman–Crippen MR) is 115 cm³/mol. The van der Waals surface area contributed by atoms with Gasteiger partial charge in [-0.1, -0.05) is 6.08 Å². The number of aromatic nitrogens is 2. The predicted octanol–water partition coefficient (Wildman–Crippen LogP) is 1.54. The summed E-state index contributed by atoms with van der Waals surface area (Å²) in [7, 11) is 0. The number of benzene rings is 1. The summed E-state index contributed by atoms with van der Waals surface area (Å²) < 4.78 is 43.9. The maximum atomic E-state index is 12.7. The lowest BCUT2D eigenvalue weighted by Crippen LogP contribution is -2.43. The second-order valence-corrected chi connectivity index (χ2v) is 7.72. The van der Waals surface area contributed by atoms with Gasteiger partial charge in [0.25, 0.3) is 5.91 Å². The minimum absolute atomic E-state index is 0.00884. The van der Waals surface area contributed by atoms with E-state index in [0.29, 0.717) is 36.5 Å². The average Bonchev–Trinajstić information content (AvgIpc) is 2.79. The Balaban J connectivity index is 1.70. The van der Waals surface area contributed by atoms with Gasteiger partial charge in [-0.05, 0) is 48.7 Å². The number of nitrogens with zero attached hydrogens (tertiary/aromatic N) is 2. The Labute approximate surface area is 193 Å². The van der Waals surface area contributed by atoms with Crippen LogP contribution in [0.3, 0.4) is 0 Å². The van der Waals surface area contributed by atoms with Gasteiger partial charge in [-0.3, -0.25) is 14.9 Å². The van der Waals surface area contributed by atoms with Gasteiger partial charge in [0, 0.05) is 13.0 Å². The first-order valence-electron chi connectivity index (χ1n) is 10.4. The van der Waals surface area contributed by atoms with Gasteiger partial charge in [-0.25, -0.2) is 9.97 Å². The molecule has 12 heteroatoms. The normalized spacial score (nSPS) is 17.1. The highest BCUT2D eigenvalue weighted by Gasteiger charge is 2.30. The molecule has 1 aliphatic carbocycles. The fraction of sp³-hybridized carbons (Fsp3) is 0.364. The van der Waals surface area contributed by atoms with Gasteiger partial charge in [-0.2, -0.15) is 13.2 Å². The number of halogens is 3. The Morgan fingerprint density at radius 2 is 1.91 bits per heavy atom. The standard InChI is InChI=1S/C22H24F3N5O4/c23-22(24,25)13-3-7-16(8-4-13)34-15-5-1-12(2-6-15)21-29-14(9-17(30-21)19(26)32)10-28-18(11-31)20(27)33/h1,3-4,7-9,15,18,28,31H,2,5-6,10-11H2,(H2,26,32)(H2,27,33)/t15?,18-/m0/s1. The van der Waals surface area contributed by atoms with Gasteiger partial charge in [0.2, 0.25) is 5.91 Å². The van der Waals surface area contributed by atoms with E-state index in [1.165, 1.54) is 18.2 Å². The molecule has 0 radical (unpaired) electrons. The number of alkyl halides is 3. The second kappa shape index (κ2) is 10.6. The van der Waals surface area contributed by atoms with Crippen LogP contribution in [0.2, 0.25) is 0 Å². The molecule has 0 fully saturated rings. The smallest absolute Gasteiger partial charge is 0.416 e. The summed E-state index contributed by atoms with van der Waals surface area (Å²) in [5.41, 5.74) is 11.0. The van der Waals surface area contributed by atoms with E-state index in [1.807, 2.05) is 6.08 Å². The topological polar surface area (TPSA) is 153 Å². The number of hydrogen-bond donors (Lipinski definition) is 4. The Morgan fingerprint density at radius 3 is 2.44 bits per heavy atom. The Morgan fingerprint density at radius 1 is 1.21 bits per heavy atom. The molecule has 2 aromatic rings. The van der Waals surface area contributed by atoms with Crippen LogP contribution in [-0.4, -0.2) is 45.6 Å². The third kappa shape index (κ3) is 6.51. The lowest BCUT2D eigenvalue weighted by atomic mass is 9.96. The van der Waals surface area contributed by atoms with Crippen LogP contribution in [0.1, 0.15) is 46.8 Å². The molecule has 182 valence electrons. The van der Waals surface area contributed by atoms with E-state index in [4.69, 9.17) is 16.2 Å². The molecule has 0 bridgehead atoms. The molecule has 9 nitrogen and oxygen atoms in total. The van der Waals surface area contributed by atoms with E-state index in [1.54, 1.807) is 0 Å². The zero-order valence-corrected chi connectivity index (χ0v) is 18.0. The number of ether oxygens (including phenoxy) is 1. The zero-order chi connectivity index (χ0) is 24.9. The molecule has 1 aliphatic rings. The van der Waals surface area contributed by atoms with Crippen LogP contribution in [0.15, 0.2) is 36.4 Å². The van der Waals surface area contributed by atoms with Crippen molar-refractivity contribution < 1.29 is 32.6 Å². The van der Waals surface area contributed by atoms with Gasteiger partial charge in [-0.15, -0.1) is 0 Å². The molecule has 1 heterocycles. The van der Waals surface area contributed by atoms with Crippen molar-refractivity contribution >= 4 is 17.4 Å². The molecule has 2 amide bonds. The number of nitrogens with one attached hydrogen (secondary N) is 1. The fourth-order valence-corrected chi connectivity index (χ4v) is 3.38. The minimum atomic E-state index is -4.41. The van der Waals surface area contributed by atoms with E-state index in [2.05, 4.69) is 15.3 Å². The van der Waals surface area contributed by atoms with E-state index < -0.39 is 36.2 Å². The van der Waals surface area contributed by atoms with Crippen LogP contribution in [0.5, 0.6) is 5.75 Å². The summed E-state index contributed by atoms with van der Waals surface area (Å²) in [6, 6.07) is 4.91. The van der Waals surface area contributed by atoms with Gasteiger partial charge in [0.05, 0.1) is 17.9 Å². The van der Waals surface area contributed by atoms with Crippen molar-refractivity contribution in [1.82, 2.24) is 15.3 Å². The van der Waals surface area contributed by atoms with Crippen molar-refractivity contribution in [3.8, 4) is 5.75 Å². The summed E-state index contributed by atoms with van der Waals surface area (Å²) in [5, 5.41) is 12.0. The van der Waals surface area contributed by atoms with Gasteiger partial charge < -0.3 is 21.3 Å². The largest absolute Gasteiger partial charge is 0.490 e. The van der Waals surface area contributed by atoms with Crippen molar-refractivity contribution in [3.63, 3.8) is 0 Å². The van der Waals surface area contributed by atoms with Crippen LogP contribution in [0.4, 0.5) is 13.2 Å². The highest BCUT2D eigenvalue weighted by molar-refractivity contribution is 5.91. The summed E-state index contributed by atoms with van der Waals surface area (Å²) >= 11 is 0. The van der Waals surface area contributed by atoms with E-state index in [-0.39, 0.29) is 18.3 Å². The third-order valence-electron chi connectivity index (χ3n) is 5.22. The highest BCUT2D eigenvalue weighted by atomic mass is 19.4. The highest BCUT2D eigenvalue weighted by Crippen LogP contribution is 2.32. The average molecular weight is 479 g/mol. The number of primary amides is 2. The molecule has 6 N–H and O–H groups in total. The number of amides is 2. The Kier molecular flexibility index (Phi) is 7.84. The van der Waals surface area contributed by atoms with Gasteiger partial charge >= 0.3 is 6.18 Å². The Bertz CT molecular complexity index is 1070. The summed E-state index contributed by atoms with van der Waals surface area (Å²) in [4.78, 5) is 31.6. The molecular weight excluding hydrogens is 455 g/mol. The Hall–Kier alpha value is -3.51. The number of allylic oxidation sites excluding steroid dienone is 1. The van der Waals surface area contributed by atoms with Crippen molar-refractivity contribution in [3.05, 3.63) is 59.2 Å². The van der Waals surface area contributed by atoms with Crippen molar-refractivity contribution in [2.24, 2.45) is 11.5 Å². The molecule has 1 aromatic carbocycles. The van der Waals surface area contributed by atoms with Crippen molar-refractivity contribution in [2.75, 3.05) is 6.61 Å². The number of aliphatic hydroxyl groups is 1. The van der Waals surface area contributed by atoms with Crippen LogP contribution in [0, 0.1) is 0 Å². The van der Waals surface area contributed by atoms with Crippen molar-refractivity contribution in [1.29, 1.82) is 0 Å². The third-order valence-corrected chi connectivity index (χ3v) is 5.22. The first-order chi connectivity index (χ1) is 16.1. The summed E-state index contributed by atoms with van der Waals surface area (Å²) in [5.74, 6) is -0.858. The minimum Gasteiger partial charge on any atom is -0.490 e. The van der Waals surface area contributed by atoms with E-state index in [0.717, 1.165) is 17.7 Å². The number of rotatable bonds is 9. The molecule has 1 aromatic heterocycles. The maximum Gasteiger partial charge on any atom is 0.416 e. The molecule has 0 saturated heterocycles. The SMILES string of the molecule is NC(=O)c1cc(CN[C@@H](CO)C(N)=O)nc(C2=CCC(Oc3ccc(C(F)(F)F)cc3)CC2)n1. The van der Waals surface area contributed by atoms with Crippen LogP contribution in [-0.2, 0) is 17.5 Å². The first-order valence-corrected chi connectivity index (χ1v) is 10.4. The monoisotopic (exact) mass is 479 g/mol. The van der Waals surface area contributed by atoms with Gasteiger partial charge in [0.1, 0.15) is 23.6 Å². The number of aliphatic hydroxyl groups excluding tert-OH is 1. The van der Waals surface area contributed by atoms with E-state index >= 15 is 0 Å². The molecule has 1 unspecified atom stereocenters. The molecule has 0 saturated carbocycles. The second-order valence-electron chi connectivity index (χ2n) is 7.72. The lowest BCUT2D eigenvalue weighted by molar-refractivity contribution is -0.137. The van der Waals surface area contributed by atoms with Crippen LogP contribution < -0.4 is 21.5 Å². The maximum absolute atomic E-state index is 12.7. The number of hydrogen-bond acceptors (Lipinski definition) is 7. The molecule has 0 aliphatic heterocycles. The molecule has 34 heavy (non-hydrogen) atoms. The van der Waals surface area contributed by atoms with Crippen molar-refractivity contribution in [2.45, 2.75) is 44.1 Å². The molecule has 0 spiro atoms. The lowest BCUT2D eigenvalue weighted by Gasteiger charge is -2.23. The molecular formula is C22H24F3N5O4. The number of carbonyl (C=O) groups excluding carboxylic acids is 2. The van der Waals surface area contributed by atoms with Crippen LogP contribution >= 0.6 is 0 Å². The molecule has 3 rings (SSSR count). The zero-order valence-electron chi connectivity index (χ0n) is 18.0. The number of carbonyl (C=O) groups is 2.